The Labute approximate surface area is 100 Å². The topological polar surface area (TPSA) is 26.3 Å². The van der Waals surface area contributed by atoms with E-state index in [2.05, 4.69) is 20.7 Å². The van der Waals surface area contributed by atoms with Gasteiger partial charge in [-0.1, -0.05) is 28.1 Å². The normalized spacial score (nSPS) is 9.75. The molecule has 0 aromatic heterocycles. The summed E-state index contributed by atoms with van der Waals surface area (Å²) in [7, 11) is 0. The molecule has 0 unspecified atom stereocenters. The standard InChI is InChI=1S/C11H9BrF2O2/c1-2-16-11(15)9(10(13)14)7-3-5-8(12)6-4-7/h3-6H,2H2,1H3. The number of hydrogen-bond donors (Lipinski definition) is 0. The summed E-state index contributed by atoms with van der Waals surface area (Å²) in [4.78, 5) is 11.3. The number of benzene rings is 1. The van der Waals surface area contributed by atoms with Crippen molar-refractivity contribution in [2.75, 3.05) is 6.61 Å². The lowest BCUT2D eigenvalue weighted by Crippen LogP contribution is -2.07. The predicted octanol–water partition coefficient (Wildman–Crippen LogP) is 3.62. The fraction of sp³-hybridized carbons (Fsp3) is 0.182. The summed E-state index contributed by atoms with van der Waals surface area (Å²) >= 11 is 3.18. The van der Waals surface area contributed by atoms with Crippen LogP contribution in [0.25, 0.3) is 5.57 Å². The first-order valence-electron chi connectivity index (χ1n) is 4.54. The molecule has 0 radical (unpaired) electrons. The smallest absolute Gasteiger partial charge is 0.344 e. The minimum Gasteiger partial charge on any atom is -0.462 e. The maximum absolute atomic E-state index is 12.6. The second kappa shape index (κ2) is 5.75. The molecule has 0 amide bonds. The van der Waals surface area contributed by atoms with Gasteiger partial charge in [0.05, 0.1) is 6.61 Å². The van der Waals surface area contributed by atoms with Gasteiger partial charge in [0.2, 0.25) is 0 Å². The Morgan fingerprint density at radius 1 is 1.31 bits per heavy atom. The van der Waals surface area contributed by atoms with Crippen LogP contribution < -0.4 is 0 Å². The zero-order valence-electron chi connectivity index (χ0n) is 8.47. The highest BCUT2D eigenvalue weighted by molar-refractivity contribution is 9.10. The second-order valence-electron chi connectivity index (χ2n) is 2.86. The van der Waals surface area contributed by atoms with Crippen LogP contribution in [0.15, 0.2) is 34.8 Å². The van der Waals surface area contributed by atoms with Crippen LogP contribution in [0.3, 0.4) is 0 Å². The van der Waals surface area contributed by atoms with Gasteiger partial charge in [0.15, 0.2) is 0 Å². The molecule has 0 aliphatic heterocycles. The van der Waals surface area contributed by atoms with E-state index in [4.69, 9.17) is 0 Å². The third-order valence-electron chi connectivity index (χ3n) is 1.80. The number of carbonyl (C=O) groups is 1. The molecule has 0 saturated heterocycles. The van der Waals surface area contributed by atoms with E-state index >= 15 is 0 Å². The van der Waals surface area contributed by atoms with E-state index < -0.39 is 17.6 Å². The van der Waals surface area contributed by atoms with Gasteiger partial charge in [-0.05, 0) is 24.6 Å². The molecular formula is C11H9BrF2O2. The lowest BCUT2D eigenvalue weighted by atomic mass is 10.1. The maximum atomic E-state index is 12.6. The summed E-state index contributed by atoms with van der Waals surface area (Å²) in [6.45, 7) is 1.62. The van der Waals surface area contributed by atoms with Crippen molar-refractivity contribution in [3.63, 3.8) is 0 Å². The largest absolute Gasteiger partial charge is 0.462 e. The Bertz CT molecular complexity index is 408. The van der Waals surface area contributed by atoms with Gasteiger partial charge in [0.1, 0.15) is 5.57 Å². The van der Waals surface area contributed by atoms with E-state index in [0.29, 0.717) is 0 Å². The molecule has 0 bridgehead atoms. The van der Waals surface area contributed by atoms with Crippen molar-refractivity contribution in [2.24, 2.45) is 0 Å². The number of ether oxygens (including phenoxy) is 1. The van der Waals surface area contributed by atoms with E-state index in [1.54, 1.807) is 19.1 Å². The van der Waals surface area contributed by atoms with Crippen molar-refractivity contribution in [1.82, 2.24) is 0 Å². The molecule has 0 N–H and O–H groups in total. The maximum Gasteiger partial charge on any atom is 0.344 e. The Hall–Kier alpha value is -1.23. The summed E-state index contributed by atoms with van der Waals surface area (Å²) in [6.07, 6.45) is -2.04. The fourth-order valence-electron chi connectivity index (χ4n) is 1.12. The summed E-state index contributed by atoms with van der Waals surface area (Å²) in [6, 6.07) is 6.01. The molecule has 1 aromatic carbocycles. The predicted molar refractivity (Wildman–Crippen MR) is 59.9 cm³/mol. The van der Waals surface area contributed by atoms with Crippen LogP contribution in [-0.2, 0) is 9.53 Å². The summed E-state index contributed by atoms with van der Waals surface area (Å²) in [5.41, 5.74) is -0.545. The van der Waals surface area contributed by atoms with Crippen molar-refractivity contribution in [1.29, 1.82) is 0 Å². The SMILES string of the molecule is CCOC(=O)C(=C(F)F)c1ccc(Br)cc1. The van der Waals surface area contributed by atoms with Crippen LogP contribution in [0.4, 0.5) is 8.78 Å². The number of halogens is 3. The fourth-order valence-corrected chi connectivity index (χ4v) is 1.39. The average molecular weight is 291 g/mol. The molecule has 0 fully saturated rings. The van der Waals surface area contributed by atoms with Gasteiger partial charge >= 0.3 is 5.97 Å². The van der Waals surface area contributed by atoms with Crippen LogP contribution in [0, 0.1) is 0 Å². The third kappa shape index (κ3) is 3.13. The Kier molecular flexibility index (Phi) is 4.61. The number of carbonyl (C=O) groups excluding carboxylic acids is 1. The highest BCUT2D eigenvalue weighted by Gasteiger charge is 2.19. The molecular weight excluding hydrogens is 282 g/mol. The average Bonchev–Trinajstić information content (AvgIpc) is 2.21. The highest BCUT2D eigenvalue weighted by atomic mass is 79.9. The van der Waals surface area contributed by atoms with Crippen LogP contribution in [-0.4, -0.2) is 12.6 Å². The molecule has 0 heterocycles. The van der Waals surface area contributed by atoms with Gasteiger partial charge in [0.25, 0.3) is 6.08 Å². The molecule has 1 aromatic rings. The third-order valence-corrected chi connectivity index (χ3v) is 2.33. The van der Waals surface area contributed by atoms with E-state index in [9.17, 15) is 13.6 Å². The minimum atomic E-state index is -2.04. The first-order chi connectivity index (χ1) is 7.56. The first kappa shape index (κ1) is 12.8. The minimum absolute atomic E-state index is 0.0616. The Morgan fingerprint density at radius 3 is 2.31 bits per heavy atom. The van der Waals surface area contributed by atoms with Gasteiger partial charge in [0, 0.05) is 4.47 Å². The van der Waals surface area contributed by atoms with E-state index in [0.717, 1.165) is 4.47 Å². The van der Waals surface area contributed by atoms with Crippen molar-refractivity contribution < 1.29 is 18.3 Å². The van der Waals surface area contributed by atoms with Crippen molar-refractivity contribution in [3.8, 4) is 0 Å². The lowest BCUT2D eigenvalue weighted by Gasteiger charge is -2.05. The summed E-state index contributed by atoms with van der Waals surface area (Å²) < 4.78 is 30.6. The van der Waals surface area contributed by atoms with E-state index in [1.165, 1.54) is 12.1 Å². The zero-order chi connectivity index (χ0) is 12.1. The van der Waals surface area contributed by atoms with Crippen LogP contribution >= 0.6 is 15.9 Å². The molecule has 0 aliphatic rings. The monoisotopic (exact) mass is 290 g/mol. The molecule has 1 rings (SSSR count). The van der Waals surface area contributed by atoms with Gasteiger partial charge < -0.3 is 4.74 Å². The van der Waals surface area contributed by atoms with E-state index in [-0.39, 0.29) is 12.2 Å². The Morgan fingerprint density at radius 2 is 1.88 bits per heavy atom. The number of esters is 1. The lowest BCUT2D eigenvalue weighted by molar-refractivity contribution is -0.136. The first-order valence-corrected chi connectivity index (χ1v) is 5.34. The van der Waals surface area contributed by atoms with Gasteiger partial charge in [-0.15, -0.1) is 0 Å². The molecule has 2 nitrogen and oxygen atoms in total. The molecule has 5 heteroatoms. The van der Waals surface area contributed by atoms with Gasteiger partial charge in [-0.3, -0.25) is 0 Å². The van der Waals surface area contributed by atoms with Crippen molar-refractivity contribution in [3.05, 3.63) is 40.4 Å². The van der Waals surface area contributed by atoms with Gasteiger partial charge in [-0.25, -0.2) is 4.79 Å². The second-order valence-corrected chi connectivity index (χ2v) is 3.78. The quantitative estimate of drug-likeness (QED) is 0.628. The van der Waals surface area contributed by atoms with Crippen molar-refractivity contribution in [2.45, 2.75) is 6.92 Å². The van der Waals surface area contributed by atoms with Crippen LogP contribution in [0.2, 0.25) is 0 Å². The van der Waals surface area contributed by atoms with Crippen LogP contribution in [0.5, 0.6) is 0 Å². The summed E-state index contributed by atoms with van der Waals surface area (Å²) in [5, 5.41) is 0. The van der Waals surface area contributed by atoms with Crippen LogP contribution in [0.1, 0.15) is 12.5 Å². The van der Waals surface area contributed by atoms with E-state index in [1.807, 2.05) is 0 Å². The Balaban J connectivity index is 3.10. The molecule has 16 heavy (non-hydrogen) atoms. The highest BCUT2D eigenvalue weighted by Crippen LogP contribution is 2.23. The molecule has 0 aliphatic carbocycles. The molecule has 0 saturated carbocycles. The molecule has 0 spiro atoms. The van der Waals surface area contributed by atoms with Gasteiger partial charge in [-0.2, -0.15) is 8.78 Å². The van der Waals surface area contributed by atoms with Crippen molar-refractivity contribution >= 4 is 27.5 Å². The summed E-state index contributed by atoms with van der Waals surface area (Å²) in [5.74, 6) is -1.01. The molecule has 0 atom stereocenters. The molecule has 86 valence electrons. The number of hydrogen-bond acceptors (Lipinski definition) is 2. The zero-order valence-corrected chi connectivity index (χ0v) is 10.1. The number of rotatable bonds is 3.